The average Bonchev–Trinajstić information content (AvgIpc) is 2.23. The van der Waals surface area contributed by atoms with Gasteiger partial charge in [0.25, 0.3) is 0 Å². The van der Waals surface area contributed by atoms with Crippen LogP contribution in [0.5, 0.6) is 0 Å². The summed E-state index contributed by atoms with van der Waals surface area (Å²) >= 11 is 0. The number of aliphatic hydroxyl groups is 1. The van der Waals surface area contributed by atoms with Crippen LogP contribution in [0.15, 0.2) is 0 Å². The molecule has 0 aromatic heterocycles. The maximum absolute atomic E-state index is 11.9. The van der Waals surface area contributed by atoms with E-state index in [2.05, 4.69) is 0 Å². The number of ether oxygens (including phenoxy) is 1. The van der Waals surface area contributed by atoms with Crippen LogP contribution in [0.2, 0.25) is 0 Å². The summed E-state index contributed by atoms with van der Waals surface area (Å²) in [5.74, 6) is 1.34. The topological polar surface area (TPSA) is 46.5 Å². The number of methoxy groups -OCH3 is 1. The maximum atomic E-state index is 11.9. The molecule has 1 N–H and O–H groups in total. The van der Waals surface area contributed by atoms with Crippen LogP contribution in [0.25, 0.3) is 0 Å². The van der Waals surface area contributed by atoms with E-state index in [9.17, 15) is 9.90 Å². The lowest BCUT2D eigenvalue weighted by molar-refractivity contribution is -0.181. The summed E-state index contributed by atoms with van der Waals surface area (Å²) in [5, 5.41) is 10.0. The van der Waals surface area contributed by atoms with E-state index in [-0.39, 0.29) is 17.5 Å². The highest BCUT2D eigenvalue weighted by atomic mass is 16.5. The molecule has 0 radical (unpaired) electrons. The van der Waals surface area contributed by atoms with Gasteiger partial charge in [-0.1, -0.05) is 0 Å². The highest BCUT2D eigenvalue weighted by Gasteiger charge is 2.58. The van der Waals surface area contributed by atoms with Crippen molar-refractivity contribution in [2.45, 2.75) is 38.2 Å². The Morgan fingerprint density at radius 3 is 2.40 bits per heavy atom. The normalized spacial score (nSPS) is 51.9. The van der Waals surface area contributed by atoms with Gasteiger partial charge in [0.1, 0.15) is 0 Å². The summed E-state index contributed by atoms with van der Waals surface area (Å²) in [4.78, 5) is 11.9. The van der Waals surface area contributed by atoms with Crippen LogP contribution >= 0.6 is 0 Å². The summed E-state index contributed by atoms with van der Waals surface area (Å²) in [6.45, 7) is 0. The zero-order valence-corrected chi connectivity index (χ0v) is 9.11. The van der Waals surface area contributed by atoms with Crippen molar-refractivity contribution in [3.63, 3.8) is 0 Å². The molecule has 0 heterocycles. The number of hydrogen-bond donors (Lipinski definition) is 1. The predicted octanol–water partition coefficient (Wildman–Crippen LogP) is 1.35. The number of aliphatic hydroxyl groups excluding tert-OH is 1. The van der Waals surface area contributed by atoms with Crippen LogP contribution in [0.3, 0.4) is 0 Å². The first-order valence-electron chi connectivity index (χ1n) is 5.91. The van der Waals surface area contributed by atoms with Gasteiger partial charge in [-0.05, 0) is 49.9 Å². The molecule has 0 aromatic carbocycles. The molecule has 4 rings (SSSR count). The van der Waals surface area contributed by atoms with Gasteiger partial charge in [-0.3, -0.25) is 4.79 Å². The van der Waals surface area contributed by atoms with Crippen LogP contribution in [0, 0.1) is 23.2 Å². The molecule has 4 aliphatic rings. The molecule has 0 saturated heterocycles. The molecular formula is C12H18O3. The quantitative estimate of drug-likeness (QED) is 0.664. The minimum atomic E-state index is -0.232. The maximum Gasteiger partial charge on any atom is 0.311 e. The Morgan fingerprint density at radius 2 is 1.87 bits per heavy atom. The fourth-order valence-electron chi connectivity index (χ4n) is 4.46. The standard InChI is InChI=1S/C12H18O3/c1-15-11(14)12-4-7-2-8(5-12)10(13)9(3-7)6-12/h7-10,13H,2-6H2,1H3/t7?,8-,9+,10?,12?. The van der Waals surface area contributed by atoms with Gasteiger partial charge in [0.15, 0.2) is 0 Å². The molecule has 0 aromatic rings. The minimum Gasteiger partial charge on any atom is -0.469 e. The Labute approximate surface area is 89.8 Å². The molecule has 3 heteroatoms. The third kappa shape index (κ3) is 1.19. The van der Waals surface area contributed by atoms with Gasteiger partial charge in [-0.25, -0.2) is 0 Å². The second-order valence-electron chi connectivity index (χ2n) is 5.73. The number of carbonyl (C=O) groups is 1. The van der Waals surface area contributed by atoms with Crippen molar-refractivity contribution in [1.82, 2.24) is 0 Å². The number of rotatable bonds is 1. The van der Waals surface area contributed by atoms with Crippen LogP contribution in [0.4, 0.5) is 0 Å². The zero-order valence-electron chi connectivity index (χ0n) is 9.11. The van der Waals surface area contributed by atoms with Crippen molar-refractivity contribution in [2.75, 3.05) is 7.11 Å². The molecule has 0 amide bonds. The summed E-state index contributed by atoms with van der Waals surface area (Å²) in [6, 6.07) is 0. The van der Waals surface area contributed by atoms with Crippen LogP contribution in [0.1, 0.15) is 32.1 Å². The van der Waals surface area contributed by atoms with Crippen molar-refractivity contribution in [2.24, 2.45) is 23.2 Å². The molecule has 5 atom stereocenters. The van der Waals surface area contributed by atoms with Gasteiger partial charge in [-0.15, -0.1) is 0 Å². The fourth-order valence-corrected chi connectivity index (χ4v) is 4.46. The van der Waals surface area contributed by atoms with Crippen LogP contribution in [-0.4, -0.2) is 24.3 Å². The zero-order chi connectivity index (χ0) is 10.6. The van der Waals surface area contributed by atoms with E-state index >= 15 is 0 Å². The number of hydrogen-bond acceptors (Lipinski definition) is 3. The average molecular weight is 210 g/mol. The molecule has 84 valence electrons. The lowest BCUT2D eigenvalue weighted by atomic mass is 9.48. The molecule has 0 spiro atoms. The monoisotopic (exact) mass is 210 g/mol. The summed E-state index contributed by atoms with van der Waals surface area (Å²) in [7, 11) is 1.48. The summed E-state index contributed by atoms with van der Waals surface area (Å²) in [6.07, 6.45) is 4.80. The van der Waals surface area contributed by atoms with Gasteiger partial charge in [-0.2, -0.15) is 0 Å². The van der Waals surface area contributed by atoms with Gasteiger partial charge >= 0.3 is 5.97 Å². The van der Waals surface area contributed by atoms with Gasteiger partial charge in [0.2, 0.25) is 0 Å². The predicted molar refractivity (Wildman–Crippen MR) is 54.0 cm³/mol. The highest BCUT2D eigenvalue weighted by Crippen LogP contribution is 2.60. The SMILES string of the molecule is COC(=O)C12CC3C[C@H](C1)C(O)[C@@H](C3)C2. The Bertz CT molecular complexity index is 283. The molecule has 3 unspecified atom stereocenters. The van der Waals surface area contributed by atoms with E-state index in [1.54, 1.807) is 0 Å². The third-order valence-corrected chi connectivity index (χ3v) is 4.84. The first-order valence-corrected chi connectivity index (χ1v) is 5.91. The Morgan fingerprint density at radius 1 is 1.27 bits per heavy atom. The van der Waals surface area contributed by atoms with E-state index in [4.69, 9.17) is 4.74 Å². The molecule has 4 saturated carbocycles. The molecule has 3 nitrogen and oxygen atoms in total. The Hall–Kier alpha value is -0.570. The first kappa shape index (κ1) is 9.64. The van der Waals surface area contributed by atoms with Crippen molar-refractivity contribution in [3.8, 4) is 0 Å². The van der Waals surface area contributed by atoms with Crippen LogP contribution in [-0.2, 0) is 9.53 Å². The van der Waals surface area contributed by atoms with Gasteiger partial charge < -0.3 is 9.84 Å². The first-order chi connectivity index (χ1) is 7.14. The highest BCUT2D eigenvalue weighted by molar-refractivity contribution is 5.77. The van der Waals surface area contributed by atoms with E-state index in [1.807, 2.05) is 0 Å². The van der Waals surface area contributed by atoms with Crippen molar-refractivity contribution < 1.29 is 14.6 Å². The molecular weight excluding hydrogens is 192 g/mol. The molecule has 4 fully saturated rings. The van der Waals surface area contributed by atoms with Crippen LogP contribution < -0.4 is 0 Å². The summed E-state index contributed by atoms with van der Waals surface area (Å²) in [5.41, 5.74) is -0.232. The van der Waals surface area contributed by atoms with Crippen molar-refractivity contribution >= 4 is 5.97 Å². The Balaban J connectivity index is 1.92. The molecule has 4 aliphatic carbocycles. The second kappa shape index (κ2) is 2.97. The van der Waals surface area contributed by atoms with Crippen molar-refractivity contribution in [3.05, 3.63) is 0 Å². The molecule has 15 heavy (non-hydrogen) atoms. The summed E-state index contributed by atoms with van der Waals surface area (Å²) < 4.78 is 4.95. The largest absolute Gasteiger partial charge is 0.469 e. The lowest BCUT2D eigenvalue weighted by Gasteiger charge is -2.57. The Kier molecular flexibility index (Phi) is 1.91. The smallest absolute Gasteiger partial charge is 0.311 e. The second-order valence-corrected chi connectivity index (χ2v) is 5.73. The van der Waals surface area contributed by atoms with Gasteiger partial charge in [0.05, 0.1) is 18.6 Å². The van der Waals surface area contributed by atoms with E-state index in [0.29, 0.717) is 17.8 Å². The molecule has 0 aliphatic heterocycles. The minimum absolute atomic E-state index is 0.0335. The number of esters is 1. The third-order valence-electron chi connectivity index (χ3n) is 4.84. The number of carbonyl (C=O) groups excluding carboxylic acids is 1. The van der Waals surface area contributed by atoms with E-state index in [1.165, 1.54) is 7.11 Å². The van der Waals surface area contributed by atoms with Crippen molar-refractivity contribution in [1.29, 1.82) is 0 Å². The van der Waals surface area contributed by atoms with Gasteiger partial charge in [0, 0.05) is 0 Å². The van der Waals surface area contributed by atoms with E-state index in [0.717, 1.165) is 32.1 Å². The fraction of sp³-hybridized carbons (Fsp3) is 0.917. The molecule has 4 bridgehead atoms. The lowest BCUT2D eigenvalue weighted by Crippen LogP contribution is -2.56. The van der Waals surface area contributed by atoms with E-state index < -0.39 is 0 Å².